The molecule has 0 aliphatic carbocycles. The minimum absolute atomic E-state index is 0.227. The van der Waals surface area contributed by atoms with Crippen molar-refractivity contribution >= 4 is 11.9 Å². The number of carbonyl (C=O) groups excluding carboxylic acids is 2. The Morgan fingerprint density at radius 3 is 1.09 bits per heavy atom. The summed E-state index contributed by atoms with van der Waals surface area (Å²) in [6, 6.07) is 6.54. The lowest BCUT2D eigenvalue weighted by Gasteiger charge is -2.50. The highest BCUT2D eigenvalue weighted by Gasteiger charge is 2.45. The van der Waals surface area contributed by atoms with Gasteiger partial charge in [0.2, 0.25) is 0 Å². The number of hydrogen-bond acceptors (Lipinski definition) is 6. The van der Waals surface area contributed by atoms with Crippen LogP contribution in [0.5, 0.6) is 0 Å². The summed E-state index contributed by atoms with van der Waals surface area (Å²) in [4.78, 5) is 37.4. The van der Waals surface area contributed by atoms with Crippen LogP contribution in [-0.2, 0) is 9.68 Å². The van der Waals surface area contributed by atoms with Crippen LogP contribution in [0.1, 0.15) is 115 Å². The van der Waals surface area contributed by atoms with Crippen LogP contribution in [0.2, 0.25) is 0 Å². The van der Waals surface area contributed by atoms with Crippen molar-refractivity contribution in [3.05, 3.63) is 35.4 Å². The molecule has 0 spiro atoms. The first kappa shape index (κ1) is 24.7. The van der Waals surface area contributed by atoms with Crippen LogP contribution in [0, 0.1) is 0 Å². The van der Waals surface area contributed by atoms with Gasteiger partial charge in [0.15, 0.2) is 0 Å². The Bertz CT molecular complexity index is 752. The minimum atomic E-state index is -0.411. The van der Waals surface area contributed by atoms with E-state index in [-0.39, 0.29) is 22.2 Å². The van der Waals surface area contributed by atoms with Crippen LogP contribution in [-0.4, -0.2) is 44.2 Å². The zero-order chi connectivity index (χ0) is 23.9. The minimum Gasteiger partial charge on any atom is -0.363 e. The van der Waals surface area contributed by atoms with Gasteiger partial charge < -0.3 is 9.68 Å². The largest absolute Gasteiger partial charge is 0.363 e. The van der Waals surface area contributed by atoms with E-state index < -0.39 is 11.9 Å². The van der Waals surface area contributed by atoms with Crippen LogP contribution in [0.15, 0.2) is 24.3 Å². The summed E-state index contributed by atoms with van der Waals surface area (Å²) in [5.41, 5.74) is -0.0795. The zero-order valence-corrected chi connectivity index (χ0v) is 21.1. The van der Waals surface area contributed by atoms with Gasteiger partial charge in [-0.25, -0.2) is 9.59 Å². The molecule has 0 unspecified atom stereocenters. The van der Waals surface area contributed by atoms with Gasteiger partial charge in [0.05, 0.1) is 33.3 Å². The highest BCUT2D eigenvalue weighted by Crippen LogP contribution is 2.39. The number of benzene rings is 1. The van der Waals surface area contributed by atoms with Crippen LogP contribution in [0.3, 0.4) is 0 Å². The standard InChI is InChI=1S/C26H40N2O4/c1-23(2)15-9-16-24(3,4)27(23)31-21(29)19-11-13-20(14-12-19)22(30)32-28-25(5,6)17-10-18-26(28,7)8/h11-14H,9-10,15-18H2,1-8H3. The summed E-state index contributed by atoms with van der Waals surface area (Å²) in [7, 11) is 0. The first-order chi connectivity index (χ1) is 14.7. The molecule has 2 saturated heterocycles. The Hall–Kier alpha value is -1.92. The second-order valence-corrected chi connectivity index (χ2v) is 11.9. The second-order valence-electron chi connectivity index (χ2n) is 11.9. The molecule has 0 atom stereocenters. The van der Waals surface area contributed by atoms with Gasteiger partial charge in [0, 0.05) is 0 Å². The predicted molar refractivity (Wildman–Crippen MR) is 125 cm³/mol. The van der Waals surface area contributed by atoms with E-state index in [1.54, 1.807) is 24.3 Å². The quantitative estimate of drug-likeness (QED) is 0.575. The summed E-state index contributed by atoms with van der Waals surface area (Å²) in [6.07, 6.45) is 6.09. The Morgan fingerprint density at radius 1 is 0.594 bits per heavy atom. The van der Waals surface area contributed by atoms with Crippen molar-refractivity contribution in [3.63, 3.8) is 0 Å². The van der Waals surface area contributed by atoms with Gasteiger partial charge in [-0.05, 0) is 118 Å². The van der Waals surface area contributed by atoms with E-state index in [0.29, 0.717) is 11.1 Å². The molecule has 2 fully saturated rings. The summed E-state index contributed by atoms with van der Waals surface area (Å²) in [5.74, 6) is -0.822. The SMILES string of the molecule is CC1(C)CCCC(C)(C)N1OC(=O)c1ccc(C(=O)ON2C(C)(C)CCCC2(C)C)cc1. The molecule has 178 valence electrons. The number of hydroxylamine groups is 4. The summed E-state index contributed by atoms with van der Waals surface area (Å²) in [5, 5.41) is 3.68. The average molecular weight is 445 g/mol. The normalized spacial score (nSPS) is 24.5. The molecule has 2 aliphatic heterocycles. The third-order valence-electron chi connectivity index (χ3n) is 7.06. The molecule has 32 heavy (non-hydrogen) atoms. The maximum atomic E-state index is 12.9. The second kappa shape index (κ2) is 8.45. The molecule has 0 amide bonds. The molecule has 2 aliphatic rings. The number of hydrogen-bond donors (Lipinski definition) is 0. The maximum absolute atomic E-state index is 12.9. The summed E-state index contributed by atoms with van der Waals surface area (Å²) < 4.78 is 0. The van der Waals surface area contributed by atoms with E-state index in [1.807, 2.05) is 10.1 Å². The lowest BCUT2D eigenvalue weighted by Crippen LogP contribution is -2.58. The summed E-state index contributed by atoms with van der Waals surface area (Å²) in [6.45, 7) is 16.8. The molecule has 1 aromatic rings. The smallest absolute Gasteiger partial charge is 0.357 e. The molecule has 1 aromatic carbocycles. The van der Waals surface area contributed by atoms with Crippen molar-refractivity contribution < 1.29 is 19.3 Å². The van der Waals surface area contributed by atoms with E-state index in [0.717, 1.165) is 38.5 Å². The van der Waals surface area contributed by atoms with Crippen molar-refractivity contribution in [2.24, 2.45) is 0 Å². The van der Waals surface area contributed by atoms with Crippen molar-refractivity contribution in [1.29, 1.82) is 0 Å². The van der Waals surface area contributed by atoms with Crippen LogP contribution in [0.4, 0.5) is 0 Å². The molecule has 0 aromatic heterocycles. The van der Waals surface area contributed by atoms with E-state index in [4.69, 9.17) is 9.68 Å². The van der Waals surface area contributed by atoms with Crippen molar-refractivity contribution in [2.75, 3.05) is 0 Å². The Balaban J connectivity index is 1.70. The van der Waals surface area contributed by atoms with Gasteiger partial charge in [-0.3, -0.25) is 0 Å². The van der Waals surface area contributed by atoms with Crippen molar-refractivity contribution in [2.45, 2.75) is 116 Å². The summed E-state index contributed by atoms with van der Waals surface area (Å²) >= 11 is 0. The Kier molecular flexibility index (Phi) is 6.53. The van der Waals surface area contributed by atoms with Crippen molar-refractivity contribution in [1.82, 2.24) is 10.1 Å². The average Bonchev–Trinajstić information content (AvgIpc) is 2.67. The lowest BCUT2D eigenvalue weighted by molar-refractivity contribution is -0.241. The molecular weight excluding hydrogens is 404 g/mol. The number of piperidine rings is 2. The van der Waals surface area contributed by atoms with E-state index in [1.165, 1.54) is 0 Å². The van der Waals surface area contributed by atoms with E-state index >= 15 is 0 Å². The first-order valence-electron chi connectivity index (χ1n) is 11.8. The Morgan fingerprint density at radius 2 is 0.844 bits per heavy atom. The number of rotatable bonds is 4. The molecule has 0 radical (unpaired) electrons. The molecule has 3 rings (SSSR count). The first-order valence-corrected chi connectivity index (χ1v) is 11.8. The van der Waals surface area contributed by atoms with Crippen LogP contribution in [0.25, 0.3) is 0 Å². The molecule has 6 heteroatoms. The lowest BCUT2D eigenvalue weighted by atomic mass is 9.82. The van der Waals surface area contributed by atoms with Gasteiger partial charge in [0.25, 0.3) is 0 Å². The van der Waals surface area contributed by atoms with E-state index in [2.05, 4.69) is 55.4 Å². The van der Waals surface area contributed by atoms with Gasteiger partial charge in [-0.15, -0.1) is 10.1 Å². The predicted octanol–water partition coefficient (Wildman–Crippen LogP) is 5.92. The fraction of sp³-hybridized carbons (Fsp3) is 0.692. The van der Waals surface area contributed by atoms with Crippen molar-refractivity contribution in [3.8, 4) is 0 Å². The van der Waals surface area contributed by atoms with Gasteiger partial charge >= 0.3 is 11.9 Å². The highest BCUT2D eigenvalue weighted by molar-refractivity contribution is 5.93. The van der Waals surface area contributed by atoms with Gasteiger partial charge in [-0.1, -0.05) is 0 Å². The van der Waals surface area contributed by atoms with E-state index in [9.17, 15) is 9.59 Å². The molecule has 2 heterocycles. The molecule has 0 bridgehead atoms. The molecule has 0 N–H and O–H groups in total. The molecular formula is C26H40N2O4. The zero-order valence-electron chi connectivity index (χ0n) is 21.1. The molecule has 6 nitrogen and oxygen atoms in total. The van der Waals surface area contributed by atoms with Gasteiger partial charge in [-0.2, -0.15) is 0 Å². The highest BCUT2D eigenvalue weighted by atomic mass is 16.7. The molecule has 0 saturated carbocycles. The topological polar surface area (TPSA) is 59.1 Å². The Labute approximate surface area is 193 Å². The number of carbonyl (C=O) groups is 2. The fourth-order valence-electron chi connectivity index (χ4n) is 5.46. The van der Waals surface area contributed by atoms with Crippen LogP contribution < -0.4 is 0 Å². The number of nitrogens with zero attached hydrogens (tertiary/aromatic N) is 2. The third kappa shape index (κ3) is 5.01. The fourth-order valence-corrected chi connectivity index (χ4v) is 5.46. The monoisotopic (exact) mass is 444 g/mol. The maximum Gasteiger partial charge on any atom is 0.357 e. The van der Waals surface area contributed by atoms with Gasteiger partial charge in [0.1, 0.15) is 0 Å². The van der Waals surface area contributed by atoms with Crippen LogP contribution >= 0.6 is 0 Å². The third-order valence-corrected chi connectivity index (χ3v) is 7.06.